The number of carbonyl (C=O) groups is 1. The molecule has 6 rings (SSSR count). The van der Waals surface area contributed by atoms with Crippen molar-refractivity contribution in [3.05, 3.63) is 125 Å². The number of hydrogen-bond donors (Lipinski definition) is 2. The molecular weight excluding hydrogens is 570 g/mol. The molecule has 0 saturated carbocycles. The van der Waals surface area contributed by atoms with Crippen molar-refractivity contribution in [2.75, 3.05) is 11.9 Å². The lowest BCUT2D eigenvalue weighted by Gasteiger charge is -2.29. The number of nitrogens with one attached hydrogen (secondary N) is 2. The first-order chi connectivity index (χ1) is 19.1. The summed E-state index contributed by atoms with van der Waals surface area (Å²) in [4.78, 5) is 19.9. The first-order valence-electron chi connectivity index (χ1n) is 12.8. The van der Waals surface area contributed by atoms with Crippen LogP contribution in [0, 0.1) is 0 Å². The highest BCUT2D eigenvalue weighted by Gasteiger charge is 2.41. The number of hydrogen-bond acceptors (Lipinski definition) is 3. The van der Waals surface area contributed by atoms with Gasteiger partial charge in [-0.2, -0.15) is 0 Å². The predicted molar refractivity (Wildman–Crippen MR) is 163 cm³/mol. The molecule has 1 saturated heterocycles. The fourth-order valence-corrected chi connectivity index (χ4v) is 5.81. The summed E-state index contributed by atoms with van der Waals surface area (Å²) in [5, 5.41) is 9.31. The van der Waals surface area contributed by atoms with E-state index in [4.69, 9.17) is 12.2 Å². The van der Waals surface area contributed by atoms with Gasteiger partial charge >= 0.3 is 0 Å². The van der Waals surface area contributed by atoms with Gasteiger partial charge in [-0.15, -0.1) is 0 Å². The molecule has 5 aromatic rings. The zero-order valence-electron chi connectivity index (χ0n) is 21.0. The van der Waals surface area contributed by atoms with E-state index in [1.807, 2.05) is 78.9 Å². The van der Waals surface area contributed by atoms with Crippen molar-refractivity contribution in [2.24, 2.45) is 0 Å². The number of carbonyl (C=O) groups excluding carboxylic acids is 1. The van der Waals surface area contributed by atoms with Crippen molar-refractivity contribution in [2.45, 2.75) is 18.5 Å². The molecule has 2 atom stereocenters. The summed E-state index contributed by atoms with van der Waals surface area (Å²) in [7, 11) is 0. The third kappa shape index (κ3) is 5.17. The molecular formula is C31H26BrN5OS. The first-order valence-corrected chi connectivity index (χ1v) is 14.0. The maximum absolute atomic E-state index is 13.2. The van der Waals surface area contributed by atoms with E-state index in [1.165, 1.54) is 0 Å². The van der Waals surface area contributed by atoms with Crippen LogP contribution in [0.2, 0.25) is 0 Å². The number of aromatic nitrogens is 2. The number of halogens is 1. The molecule has 0 spiro atoms. The predicted octanol–water partition coefficient (Wildman–Crippen LogP) is 6.79. The summed E-state index contributed by atoms with van der Waals surface area (Å²) in [5.74, 6) is -0.0579. The molecule has 1 aliphatic heterocycles. The maximum Gasteiger partial charge on any atom is 0.226 e. The van der Waals surface area contributed by atoms with Crippen LogP contribution < -0.4 is 10.6 Å². The van der Waals surface area contributed by atoms with Crippen LogP contribution in [0.15, 0.2) is 114 Å². The Balaban J connectivity index is 1.29. The normalized spacial score (nSPS) is 16.8. The van der Waals surface area contributed by atoms with E-state index in [-0.39, 0.29) is 24.4 Å². The minimum Gasteiger partial charge on any atom is -0.352 e. The average Bonchev–Trinajstić information content (AvgIpc) is 3.57. The number of rotatable bonds is 7. The van der Waals surface area contributed by atoms with Gasteiger partial charge in [0.25, 0.3) is 0 Å². The average molecular weight is 597 g/mol. The lowest BCUT2D eigenvalue weighted by molar-refractivity contribution is -0.116. The number of anilines is 1. The minimum absolute atomic E-state index is 0.0579. The van der Waals surface area contributed by atoms with Crippen LogP contribution in [0.5, 0.6) is 0 Å². The Morgan fingerprint density at radius 1 is 0.949 bits per heavy atom. The molecule has 0 bridgehead atoms. The van der Waals surface area contributed by atoms with Crippen molar-refractivity contribution in [1.29, 1.82) is 0 Å². The zero-order chi connectivity index (χ0) is 26.8. The van der Waals surface area contributed by atoms with E-state index in [1.54, 1.807) is 6.20 Å². The van der Waals surface area contributed by atoms with Gasteiger partial charge in [0.05, 0.1) is 17.8 Å². The monoisotopic (exact) mass is 595 g/mol. The van der Waals surface area contributed by atoms with Crippen molar-refractivity contribution in [3.63, 3.8) is 0 Å². The topological polar surface area (TPSA) is 62.2 Å². The molecule has 0 radical (unpaired) electrons. The van der Waals surface area contributed by atoms with E-state index in [9.17, 15) is 4.79 Å². The lowest BCUT2D eigenvalue weighted by atomic mass is 10.0. The van der Waals surface area contributed by atoms with Gasteiger partial charge in [-0.3, -0.25) is 9.78 Å². The standard InChI is InChI=1S/C31H26BrN5OS/c32-22-13-15-23(16-14-22)36-19-6-12-27(36)30-29(26-10-3-4-18-33-26)35-31(39)37(30)20-17-28(38)34-25-11-5-8-21-7-1-2-9-24(21)25/h1-16,18-19,29-30H,17,20H2,(H,34,38)(H,35,39)/t29-,30-/m1/s1. The van der Waals surface area contributed by atoms with Crippen LogP contribution in [-0.4, -0.2) is 32.0 Å². The van der Waals surface area contributed by atoms with Gasteiger partial charge in [-0.1, -0.05) is 58.4 Å². The van der Waals surface area contributed by atoms with Crippen LogP contribution in [0.1, 0.15) is 29.9 Å². The number of thiocarbonyl (C=S) groups is 1. The van der Waals surface area contributed by atoms with E-state index < -0.39 is 0 Å². The summed E-state index contributed by atoms with van der Waals surface area (Å²) < 4.78 is 3.19. The van der Waals surface area contributed by atoms with Gasteiger partial charge in [0.15, 0.2) is 5.11 Å². The third-order valence-electron chi connectivity index (χ3n) is 7.03. The second kappa shape index (κ2) is 11.0. The van der Waals surface area contributed by atoms with Crippen molar-refractivity contribution in [3.8, 4) is 5.69 Å². The maximum atomic E-state index is 13.2. The smallest absolute Gasteiger partial charge is 0.226 e. The molecule has 2 aromatic heterocycles. The Kier molecular flexibility index (Phi) is 7.13. The SMILES string of the molecule is O=C(CCN1C(=S)N[C@H](c2ccccn2)[C@H]1c1cccn1-c1ccc(Br)cc1)Nc1cccc2ccccc12. The van der Waals surface area contributed by atoms with Crippen LogP contribution in [0.25, 0.3) is 16.5 Å². The Labute approximate surface area is 240 Å². The molecule has 0 aliphatic carbocycles. The number of fused-ring (bicyclic) bond motifs is 1. The molecule has 1 amide bonds. The fraction of sp³-hybridized carbons (Fsp3) is 0.129. The van der Waals surface area contributed by atoms with Gasteiger partial charge in [-0.05, 0) is 72.2 Å². The molecule has 6 nitrogen and oxygen atoms in total. The highest BCUT2D eigenvalue weighted by molar-refractivity contribution is 9.10. The quantitative estimate of drug-likeness (QED) is 0.203. The number of amides is 1. The molecule has 0 unspecified atom stereocenters. The summed E-state index contributed by atoms with van der Waals surface area (Å²) in [5.41, 5.74) is 3.82. The minimum atomic E-state index is -0.163. The number of pyridine rings is 1. The highest BCUT2D eigenvalue weighted by Crippen LogP contribution is 2.39. The van der Waals surface area contributed by atoms with Gasteiger partial charge in [0.2, 0.25) is 5.91 Å². The van der Waals surface area contributed by atoms with Crippen LogP contribution >= 0.6 is 28.1 Å². The Morgan fingerprint density at radius 3 is 2.56 bits per heavy atom. The van der Waals surface area contributed by atoms with E-state index in [2.05, 4.69) is 65.4 Å². The molecule has 3 aromatic carbocycles. The Morgan fingerprint density at radius 2 is 1.74 bits per heavy atom. The van der Waals surface area contributed by atoms with Gasteiger partial charge < -0.3 is 20.1 Å². The van der Waals surface area contributed by atoms with Gasteiger partial charge in [-0.25, -0.2) is 0 Å². The van der Waals surface area contributed by atoms with Gasteiger partial charge in [0, 0.05) is 52.3 Å². The molecule has 194 valence electrons. The molecule has 39 heavy (non-hydrogen) atoms. The molecule has 1 aliphatic rings. The summed E-state index contributed by atoms with van der Waals surface area (Å²) in [6, 6.07) is 31.9. The molecule has 1 fully saturated rings. The van der Waals surface area contributed by atoms with E-state index >= 15 is 0 Å². The molecule has 8 heteroatoms. The van der Waals surface area contributed by atoms with Crippen LogP contribution in [0.3, 0.4) is 0 Å². The number of nitrogens with zero attached hydrogens (tertiary/aromatic N) is 3. The Hall–Kier alpha value is -4.01. The summed E-state index contributed by atoms with van der Waals surface area (Å²) in [6.07, 6.45) is 4.14. The zero-order valence-corrected chi connectivity index (χ0v) is 23.4. The fourth-order valence-electron chi connectivity index (χ4n) is 5.21. The largest absolute Gasteiger partial charge is 0.352 e. The Bertz CT molecular complexity index is 1630. The molecule has 2 N–H and O–H groups in total. The van der Waals surface area contributed by atoms with Crippen LogP contribution in [0.4, 0.5) is 5.69 Å². The van der Waals surface area contributed by atoms with Crippen molar-refractivity contribution in [1.82, 2.24) is 19.8 Å². The first kappa shape index (κ1) is 25.3. The number of benzene rings is 3. The van der Waals surface area contributed by atoms with Crippen molar-refractivity contribution < 1.29 is 4.79 Å². The third-order valence-corrected chi connectivity index (χ3v) is 7.91. The molecule has 3 heterocycles. The highest BCUT2D eigenvalue weighted by atomic mass is 79.9. The van der Waals surface area contributed by atoms with Crippen LogP contribution in [-0.2, 0) is 4.79 Å². The van der Waals surface area contributed by atoms with E-state index in [0.29, 0.717) is 11.7 Å². The second-order valence-electron chi connectivity index (χ2n) is 9.42. The van der Waals surface area contributed by atoms with E-state index in [0.717, 1.165) is 38.0 Å². The lowest BCUT2D eigenvalue weighted by Crippen LogP contribution is -2.33. The second-order valence-corrected chi connectivity index (χ2v) is 10.7. The van der Waals surface area contributed by atoms with Gasteiger partial charge in [0.1, 0.15) is 0 Å². The summed E-state index contributed by atoms with van der Waals surface area (Å²) in [6.45, 7) is 0.460. The summed E-state index contributed by atoms with van der Waals surface area (Å²) >= 11 is 9.36. The van der Waals surface area contributed by atoms with Crippen molar-refractivity contribution >= 4 is 55.6 Å².